The monoisotopic (exact) mass is 606 g/mol. The van der Waals surface area contributed by atoms with Crippen LogP contribution in [0.4, 0.5) is 0 Å². The van der Waals surface area contributed by atoms with E-state index in [0.717, 1.165) is 23.8 Å². The molecule has 0 fully saturated rings. The van der Waals surface area contributed by atoms with Crippen molar-refractivity contribution in [1.29, 1.82) is 0 Å². The third kappa shape index (κ3) is 5.02. The second-order valence-electron chi connectivity index (χ2n) is 5.41. The van der Waals surface area contributed by atoms with Crippen LogP contribution >= 0.6 is 56.8 Å². The summed E-state index contributed by atoms with van der Waals surface area (Å²) in [5.74, 6) is 0.536. The molecule has 0 radical (unpaired) electrons. The van der Waals surface area contributed by atoms with Gasteiger partial charge in [-0.3, -0.25) is 4.79 Å². The molecule has 8 heteroatoms. The molecule has 0 aliphatic carbocycles. The Balaban J connectivity index is 1.70. The first kappa shape index (κ1) is 20.2. The zero-order valence-corrected chi connectivity index (χ0v) is 18.9. The minimum atomic E-state index is -0.436. The van der Waals surface area contributed by atoms with E-state index in [2.05, 4.69) is 62.3 Å². The highest BCUT2D eigenvalue weighted by Gasteiger charge is 2.12. The van der Waals surface area contributed by atoms with Gasteiger partial charge in [-0.2, -0.15) is 5.10 Å². The molecule has 2 aromatic carbocycles. The van der Waals surface area contributed by atoms with Gasteiger partial charge in [0, 0.05) is 10.4 Å². The number of nitrogens with one attached hydrogen (secondary N) is 1. The second kappa shape index (κ2) is 9.07. The molecule has 1 heterocycles. The van der Waals surface area contributed by atoms with Gasteiger partial charge in [0.25, 0.3) is 0 Å². The van der Waals surface area contributed by atoms with Gasteiger partial charge in [-0.25, -0.2) is 5.43 Å². The first-order chi connectivity index (χ1) is 13.0. The van der Waals surface area contributed by atoms with Gasteiger partial charge in [0.15, 0.2) is 5.76 Å². The quantitative estimate of drug-likeness (QED) is 0.172. The Kier molecular flexibility index (Phi) is 6.77. The van der Waals surface area contributed by atoms with Gasteiger partial charge in [-0.05, 0) is 87.1 Å². The van der Waals surface area contributed by atoms with Crippen molar-refractivity contribution in [3.8, 4) is 5.75 Å². The van der Waals surface area contributed by atoms with E-state index < -0.39 is 5.91 Å². The number of carbonyl (C=O) groups is 1. The summed E-state index contributed by atoms with van der Waals surface area (Å²) in [6, 6.07) is 10.6. The molecule has 1 amide bonds. The number of benzene rings is 2. The molecule has 0 atom stereocenters. The summed E-state index contributed by atoms with van der Waals surface area (Å²) in [7, 11) is 0. The van der Waals surface area contributed by atoms with Crippen LogP contribution in [0.15, 0.2) is 58.6 Å². The molecule has 138 valence electrons. The number of fused-ring (bicyclic) bond motifs is 1. The minimum absolute atomic E-state index is 0.168. The Morgan fingerprint density at radius 1 is 1.26 bits per heavy atom. The molecule has 0 saturated carbocycles. The molecule has 1 aromatic heterocycles. The van der Waals surface area contributed by atoms with Gasteiger partial charge in [0.2, 0.25) is 0 Å². The van der Waals surface area contributed by atoms with Crippen molar-refractivity contribution in [2.45, 2.75) is 0 Å². The third-order valence-corrected chi connectivity index (χ3v) is 5.29. The molecule has 27 heavy (non-hydrogen) atoms. The number of amides is 1. The lowest BCUT2D eigenvalue weighted by molar-refractivity contribution is 0.0929. The number of hydrogen-bond acceptors (Lipinski definition) is 4. The molecule has 0 aliphatic rings. The number of hydrogen-bond donors (Lipinski definition) is 1. The smallest absolute Gasteiger partial charge is 0.307 e. The lowest BCUT2D eigenvalue weighted by Crippen LogP contribution is -2.16. The number of hydrazone groups is 1. The van der Waals surface area contributed by atoms with Gasteiger partial charge < -0.3 is 9.15 Å². The first-order valence-electron chi connectivity index (χ1n) is 7.73. The summed E-state index contributed by atoms with van der Waals surface area (Å²) in [6.45, 7) is 4.09. The maximum Gasteiger partial charge on any atom is 0.307 e. The van der Waals surface area contributed by atoms with Crippen molar-refractivity contribution in [3.05, 3.63) is 72.5 Å². The Bertz CT molecular complexity index is 1020. The number of ether oxygens (including phenoxy) is 1. The van der Waals surface area contributed by atoms with E-state index in [4.69, 9.17) is 20.8 Å². The Hall–Kier alpha value is -1.59. The molecule has 3 rings (SSSR count). The molecule has 5 nitrogen and oxygen atoms in total. The third-order valence-electron chi connectivity index (χ3n) is 3.45. The molecule has 0 spiro atoms. The van der Waals surface area contributed by atoms with E-state index in [1.54, 1.807) is 36.6 Å². The minimum Gasteiger partial charge on any atom is -0.487 e. The van der Waals surface area contributed by atoms with Crippen LogP contribution in [-0.2, 0) is 0 Å². The predicted molar refractivity (Wildman–Crippen MR) is 124 cm³/mol. The average molecular weight is 607 g/mol. The van der Waals surface area contributed by atoms with Gasteiger partial charge >= 0.3 is 5.91 Å². The molecule has 0 aliphatic heterocycles. The largest absolute Gasteiger partial charge is 0.487 e. The van der Waals surface area contributed by atoms with Crippen LogP contribution in [0.5, 0.6) is 5.75 Å². The molecule has 0 unspecified atom stereocenters. The first-order valence-corrected chi connectivity index (χ1v) is 10.3. The highest BCUT2D eigenvalue weighted by atomic mass is 127. The molecular weight excluding hydrogens is 593 g/mol. The van der Waals surface area contributed by atoms with Crippen LogP contribution in [0.25, 0.3) is 11.0 Å². The molecule has 3 aromatic rings. The SMILES string of the molecule is C=CCOc1c(I)cc(/C=N/NC(=O)c2cc3cc(Cl)ccc3o2)cc1I. The Morgan fingerprint density at radius 3 is 2.70 bits per heavy atom. The van der Waals surface area contributed by atoms with Gasteiger partial charge in [0.1, 0.15) is 17.9 Å². The lowest BCUT2D eigenvalue weighted by Gasteiger charge is -2.09. The standard InChI is InChI=1S/C19H13ClI2N2O3/c1-2-5-26-18-14(21)6-11(7-15(18)22)10-23-24-19(25)17-9-12-8-13(20)3-4-16(12)27-17/h2-4,6-10H,1,5H2,(H,24,25)/b23-10+. The van der Waals surface area contributed by atoms with Crippen LogP contribution in [0, 0.1) is 7.14 Å². The Morgan fingerprint density at radius 2 is 2.00 bits per heavy atom. The summed E-state index contributed by atoms with van der Waals surface area (Å²) in [5.41, 5.74) is 3.90. The van der Waals surface area contributed by atoms with E-state index in [1.807, 2.05) is 12.1 Å². The van der Waals surface area contributed by atoms with Crippen LogP contribution < -0.4 is 10.2 Å². The number of nitrogens with zero attached hydrogens (tertiary/aromatic N) is 1. The zero-order chi connectivity index (χ0) is 19.4. The average Bonchev–Trinajstić information content (AvgIpc) is 3.04. The zero-order valence-electron chi connectivity index (χ0n) is 13.8. The van der Waals surface area contributed by atoms with Gasteiger partial charge in [-0.15, -0.1) is 0 Å². The summed E-state index contributed by atoms with van der Waals surface area (Å²) in [6.07, 6.45) is 3.27. The maximum absolute atomic E-state index is 12.2. The fourth-order valence-electron chi connectivity index (χ4n) is 2.28. The molecule has 1 N–H and O–H groups in total. The fraction of sp³-hybridized carbons (Fsp3) is 0.0526. The highest BCUT2D eigenvalue weighted by Crippen LogP contribution is 2.28. The summed E-state index contributed by atoms with van der Waals surface area (Å²) in [4.78, 5) is 12.2. The van der Waals surface area contributed by atoms with Crippen LogP contribution in [0.3, 0.4) is 0 Å². The van der Waals surface area contributed by atoms with Crippen molar-refractivity contribution in [3.63, 3.8) is 0 Å². The molecule has 0 bridgehead atoms. The topological polar surface area (TPSA) is 63.8 Å². The van der Waals surface area contributed by atoms with E-state index in [-0.39, 0.29) is 5.76 Å². The van der Waals surface area contributed by atoms with Crippen LogP contribution in [-0.4, -0.2) is 18.7 Å². The number of carbonyl (C=O) groups excluding carboxylic acids is 1. The summed E-state index contributed by atoms with van der Waals surface area (Å²) >= 11 is 10.3. The molecular formula is C19H13ClI2N2O3. The Labute approximate surface area is 188 Å². The van der Waals surface area contributed by atoms with Crippen LogP contribution in [0.2, 0.25) is 5.02 Å². The predicted octanol–water partition coefficient (Wildman–Crippen LogP) is 5.62. The number of furan rings is 1. The van der Waals surface area contributed by atoms with Crippen molar-refractivity contribution < 1.29 is 13.9 Å². The molecule has 0 saturated heterocycles. The summed E-state index contributed by atoms with van der Waals surface area (Å²) < 4.78 is 13.0. The van der Waals surface area contributed by atoms with Gasteiger partial charge in [-0.1, -0.05) is 24.3 Å². The van der Waals surface area contributed by atoms with Crippen LogP contribution in [0.1, 0.15) is 16.1 Å². The normalized spacial score (nSPS) is 11.1. The maximum atomic E-state index is 12.2. The van der Waals surface area contributed by atoms with E-state index >= 15 is 0 Å². The number of rotatable bonds is 6. The lowest BCUT2D eigenvalue weighted by atomic mass is 10.2. The van der Waals surface area contributed by atoms with Crippen molar-refractivity contribution in [1.82, 2.24) is 5.43 Å². The van der Waals surface area contributed by atoms with E-state index in [1.165, 1.54) is 0 Å². The summed E-state index contributed by atoms with van der Waals surface area (Å²) in [5, 5.41) is 5.35. The number of halogens is 3. The van der Waals surface area contributed by atoms with Crippen molar-refractivity contribution >= 4 is 79.9 Å². The van der Waals surface area contributed by atoms with E-state index in [0.29, 0.717) is 17.2 Å². The van der Waals surface area contributed by atoms with Crippen molar-refractivity contribution in [2.75, 3.05) is 6.61 Å². The second-order valence-corrected chi connectivity index (χ2v) is 8.17. The van der Waals surface area contributed by atoms with Crippen molar-refractivity contribution in [2.24, 2.45) is 5.10 Å². The highest BCUT2D eigenvalue weighted by molar-refractivity contribution is 14.1. The van der Waals surface area contributed by atoms with Gasteiger partial charge in [0.05, 0.1) is 13.4 Å². The van der Waals surface area contributed by atoms with E-state index in [9.17, 15) is 4.79 Å². The fourth-order valence-corrected chi connectivity index (χ4v) is 4.59.